The minimum Gasteiger partial charge on any atom is -0.481 e. The summed E-state index contributed by atoms with van der Waals surface area (Å²) in [6.07, 6.45) is 2.94. The maximum atomic E-state index is 12.3. The first-order valence-electron chi connectivity index (χ1n) is 7.58. The maximum absolute atomic E-state index is 12.3. The zero-order valence-electron chi connectivity index (χ0n) is 13.1. The molecule has 1 fully saturated rings. The van der Waals surface area contributed by atoms with Crippen LogP contribution in [0.25, 0.3) is 0 Å². The molecular weight excluding hydrogens is 332 g/mol. The number of hydrogen-bond donors (Lipinski definition) is 3. The topological polar surface area (TPSA) is 113 Å². The first-order valence-corrected chi connectivity index (χ1v) is 9.06. The Morgan fingerprint density at radius 3 is 2.71 bits per heavy atom. The van der Waals surface area contributed by atoms with Crippen molar-refractivity contribution in [2.45, 2.75) is 30.2 Å². The van der Waals surface area contributed by atoms with E-state index in [1.54, 1.807) is 0 Å². The molecule has 0 heterocycles. The van der Waals surface area contributed by atoms with Crippen molar-refractivity contribution < 1.29 is 23.1 Å². The minimum absolute atomic E-state index is 0.00756. The molecule has 0 radical (unpaired) electrons. The Bertz CT molecular complexity index is 745. The summed E-state index contributed by atoms with van der Waals surface area (Å²) in [4.78, 5) is 23.2. The fourth-order valence-electron chi connectivity index (χ4n) is 2.66. The molecule has 0 aromatic heterocycles. The monoisotopic (exact) mass is 352 g/mol. The van der Waals surface area contributed by atoms with E-state index in [9.17, 15) is 18.0 Å². The van der Waals surface area contributed by atoms with E-state index in [2.05, 4.69) is 16.6 Å². The highest BCUT2D eigenvalue weighted by atomic mass is 32.2. The van der Waals surface area contributed by atoms with Gasteiger partial charge in [-0.15, -0.1) is 6.58 Å². The van der Waals surface area contributed by atoms with Gasteiger partial charge in [0.25, 0.3) is 5.91 Å². The fraction of sp³-hybridized carbons (Fsp3) is 0.375. The third kappa shape index (κ3) is 4.42. The zero-order valence-corrected chi connectivity index (χ0v) is 13.9. The van der Waals surface area contributed by atoms with Gasteiger partial charge >= 0.3 is 5.97 Å². The average molecular weight is 352 g/mol. The van der Waals surface area contributed by atoms with E-state index in [4.69, 9.17) is 5.11 Å². The number of carbonyl (C=O) groups is 2. The van der Waals surface area contributed by atoms with Gasteiger partial charge in [-0.3, -0.25) is 9.59 Å². The molecule has 3 N–H and O–H groups in total. The number of nitrogens with one attached hydrogen (secondary N) is 2. The van der Waals surface area contributed by atoms with Gasteiger partial charge in [0.1, 0.15) is 0 Å². The van der Waals surface area contributed by atoms with Crippen molar-refractivity contribution in [3.8, 4) is 0 Å². The summed E-state index contributed by atoms with van der Waals surface area (Å²) in [6, 6.07) is 5.50. The SMILES string of the molecule is C=CCNS(=O)(=O)c1cccc(C(=O)N[C@H]2CC[C@@H](C(=O)O)C2)c1. The van der Waals surface area contributed by atoms with Crippen LogP contribution in [0.15, 0.2) is 41.8 Å². The average Bonchev–Trinajstić information content (AvgIpc) is 3.02. The van der Waals surface area contributed by atoms with Crippen LogP contribution in [-0.4, -0.2) is 38.0 Å². The van der Waals surface area contributed by atoms with Gasteiger partial charge in [-0.1, -0.05) is 12.1 Å². The first-order chi connectivity index (χ1) is 11.3. The number of carbonyl (C=O) groups excluding carboxylic acids is 1. The van der Waals surface area contributed by atoms with Crippen molar-refractivity contribution in [1.82, 2.24) is 10.0 Å². The minimum atomic E-state index is -3.70. The van der Waals surface area contributed by atoms with Gasteiger partial charge in [-0.25, -0.2) is 13.1 Å². The molecule has 2 atom stereocenters. The number of sulfonamides is 1. The van der Waals surface area contributed by atoms with Gasteiger partial charge in [0.05, 0.1) is 10.8 Å². The molecule has 2 rings (SSSR count). The Balaban J connectivity index is 2.07. The lowest BCUT2D eigenvalue weighted by molar-refractivity contribution is -0.141. The first kappa shape index (κ1) is 18.2. The van der Waals surface area contributed by atoms with Crippen molar-refractivity contribution >= 4 is 21.9 Å². The van der Waals surface area contributed by atoms with Crippen molar-refractivity contribution in [1.29, 1.82) is 0 Å². The number of amides is 1. The summed E-state index contributed by atoms with van der Waals surface area (Å²) in [6.45, 7) is 3.54. The van der Waals surface area contributed by atoms with Crippen molar-refractivity contribution in [2.75, 3.05) is 6.54 Å². The number of aliphatic carboxylic acids is 1. The highest BCUT2D eigenvalue weighted by molar-refractivity contribution is 7.89. The largest absolute Gasteiger partial charge is 0.481 e. The molecule has 1 aromatic rings. The molecule has 7 nitrogen and oxygen atoms in total. The Morgan fingerprint density at radius 1 is 1.33 bits per heavy atom. The third-order valence-corrected chi connectivity index (χ3v) is 5.36. The van der Waals surface area contributed by atoms with Crippen LogP contribution in [0.5, 0.6) is 0 Å². The summed E-state index contributed by atoms with van der Waals surface area (Å²) >= 11 is 0. The van der Waals surface area contributed by atoms with E-state index >= 15 is 0 Å². The summed E-state index contributed by atoms with van der Waals surface area (Å²) in [5.41, 5.74) is 0.218. The molecule has 24 heavy (non-hydrogen) atoms. The van der Waals surface area contributed by atoms with Crippen LogP contribution in [0, 0.1) is 5.92 Å². The molecule has 1 saturated carbocycles. The number of hydrogen-bond acceptors (Lipinski definition) is 4. The quantitative estimate of drug-likeness (QED) is 0.637. The maximum Gasteiger partial charge on any atom is 0.306 e. The van der Waals surface area contributed by atoms with Crippen LogP contribution in [0.3, 0.4) is 0 Å². The van der Waals surface area contributed by atoms with Gasteiger partial charge in [-0.05, 0) is 37.5 Å². The highest BCUT2D eigenvalue weighted by Gasteiger charge is 2.30. The Kier molecular flexibility index (Phi) is 5.74. The summed E-state index contributed by atoms with van der Waals surface area (Å²) in [5.74, 6) is -1.70. The molecule has 0 unspecified atom stereocenters. The standard InChI is InChI=1S/C16H20N2O5S/c1-2-8-17-24(22,23)14-5-3-4-11(10-14)15(19)18-13-7-6-12(9-13)16(20)21/h2-5,10,12-13,17H,1,6-9H2,(H,18,19)(H,20,21)/t12-,13+/m1/s1. The summed E-state index contributed by atoms with van der Waals surface area (Å²) in [5, 5.41) is 11.8. The van der Waals surface area contributed by atoms with Crippen molar-refractivity contribution in [2.24, 2.45) is 5.92 Å². The molecule has 0 saturated heterocycles. The molecule has 0 aliphatic heterocycles. The number of carboxylic acid groups (broad SMARTS) is 1. The van der Waals surface area contributed by atoms with Gasteiger partial charge in [0, 0.05) is 18.2 Å². The smallest absolute Gasteiger partial charge is 0.306 e. The van der Waals surface area contributed by atoms with Crippen LogP contribution in [-0.2, 0) is 14.8 Å². The molecule has 1 aromatic carbocycles. The molecule has 1 aliphatic carbocycles. The second kappa shape index (κ2) is 7.59. The second-order valence-corrected chi connectivity index (χ2v) is 7.45. The lowest BCUT2D eigenvalue weighted by Crippen LogP contribution is -2.33. The number of benzene rings is 1. The molecule has 1 aliphatic rings. The molecular formula is C16H20N2O5S. The predicted octanol–water partition coefficient (Wildman–Crippen LogP) is 1.13. The van der Waals surface area contributed by atoms with E-state index in [0.29, 0.717) is 19.3 Å². The van der Waals surface area contributed by atoms with Gasteiger partial charge in [0.15, 0.2) is 0 Å². The van der Waals surface area contributed by atoms with E-state index in [0.717, 1.165) is 0 Å². The van der Waals surface area contributed by atoms with Crippen LogP contribution in [0.4, 0.5) is 0 Å². The third-order valence-electron chi connectivity index (χ3n) is 3.94. The van der Waals surface area contributed by atoms with Crippen molar-refractivity contribution in [3.05, 3.63) is 42.5 Å². The molecule has 0 bridgehead atoms. The van der Waals surface area contributed by atoms with E-state index in [1.165, 1.54) is 30.3 Å². The predicted molar refractivity (Wildman–Crippen MR) is 88.1 cm³/mol. The molecule has 8 heteroatoms. The fourth-order valence-corrected chi connectivity index (χ4v) is 3.71. The summed E-state index contributed by atoms with van der Waals surface area (Å²) < 4.78 is 26.5. The Morgan fingerprint density at radius 2 is 2.08 bits per heavy atom. The van der Waals surface area contributed by atoms with E-state index in [-0.39, 0.29) is 23.0 Å². The lowest BCUT2D eigenvalue weighted by atomic mass is 10.1. The van der Waals surface area contributed by atoms with Crippen LogP contribution in [0.2, 0.25) is 0 Å². The normalized spacial score (nSPS) is 20.5. The van der Waals surface area contributed by atoms with Crippen LogP contribution >= 0.6 is 0 Å². The van der Waals surface area contributed by atoms with Crippen molar-refractivity contribution in [3.63, 3.8) is 0 Å². The zero-order chi connectivity index (χ0) is 17.7. The van der Waals surface area contributed by atoms with Gasteiger partial charge in [0.2, 0.25) is 10.0 Å². The Labute approximate surface area is 140 Å². The molecule has 130 valence electrons. The second-order valence-electron chi connectivity index (χ2n) is 5.69. The van der Waals surface area contributed by atoms with E-state index < -0.39 is 27.8 Å². The van der Waals surface area contributed by atoms with Crippen LogP contribution in [0.1, 0.15) is 29.6 Å². The number of carboxylic acids is 1. The molecule has 0 spiro atoms. The van der Waals surface area contributed by atoms with Crippen LogP contribution < -0.4 is 10.0 Å². The molecule has 1 amide bonds. The van der Waals surface area contributed by atoms with Gasteiger partial charge in [-0.2, -0.15) is 0 Å². The summed E-state index contributed by atoms with van der Waals surface area (Å²) in [7, 11) is -3.70. The van der Waals surface area contributed by atoms with Gasteiger partial charge < -0.3 is 10.4 Å². The number of rotatable bonds is 7. The Hall–Kier alpha value is -2.19. The van der Waals surface area contributed by atoms with E-state index in [1.807, 2.05) is 0 Å². The lowest BCUT2D eigenvalue weighted by Gasteiger charge is -2.13. The highest BCUT2D eigenvalue weighted by Crippen LogP contribution is 2.26.